The van der Waals surface area contributed by atoms with Crippen LogP contribution in [0.2, 0.25) is 0 Å². The number of hydrogen-bond acceptors (Lipinski definition) is 5. The van der Waals surface area contributed by atoms with Gasteiger partial charge in [-0.3, -0.25) is 0 Å². The van der Waals surface area contributed by atoms with Gasteiger partial charge in [-0.15, -0.1) is 5.10 Å². The molecule has 0 unspecified atom stereocenters. The van der Waals surface area contributed by atoms with E-state index in [9.17, 15) is 4.39 Å². The first-order valence-corrected chi connectivity index (χ1v) is 8.17. The van der Waals surface area contributed by atoms with Crippen molar-refractivity contribution < 1.29 is 4.39 Å². The molecule has 0 aliphatic rings. The van der Waals surface area contributed by atoms with Crippen molar-refractivity contribution >= 4 is 11.8 Å². The van der Waals surface area contributed by atoms with Crippen molar-refractivity contribution in [3.8, 4) is 0 Å². The Morgan fingerprint density at radius 3 is 2.60 bits per heavy atom. The van der Waals surface area contributed by atoms with E-state index < -0.39 is 0 Å². The molecule has 0 aliphatic carbocycles. The van der Waals surface area contributed by atoms with Crippen LogP contribution >= 0.6 is 0 Å². The van der Waals surface area contributed by atoms with Gasteiger partial charge in [0.1, 0.15) is 5.82 Å². The second kappa shape index (κ2) is 8.19. The predicted octanol–water partition coefficient (Wildman–Crippen LogP) is 3.59. The summed E-state index contributed by atoms with van der Waals surface area (Å²) >= 11 is 0. The summed E-state index contributed by atoms with van der Waals surface area (Å²) in [5.74, 6) is 0.867. The van der Waals surface area contributed by atoms with Crippen LogP contribution in [0.25, 0.3) is 0 Å². The number of nitrogens with zero attached hydrogens (tertiary/aromatic N) is 3. The van der Waals surface area contributed by atoms with Gasteiger partial charge in [0.05, 0.1) is 6.20 Å². The molecule has 25 heavy (non-hydrogen) atoms. The number of hydrogen-bond donors (Lipinski definition) is 2. The highest BCUT2D eigenvalue weighted by atomic mass is 19.1. The Hall–Kier alpha value is -3.02. The molecule has 0 spiro atoms. The normalized spacial score (nSPS) is 10.5. The minimum atomic E-state index is -0.197. The number of nitrogens with one attached hydrogen (secondary N) is 2. The van der Waals surface area contributed by atoms with Gasteiger partial charge in [-0.05, 0) is 30.5 Å². The Kier molecular flexibility index (Phi) is 5.51. The molecule has 5 nitrogen and oxygen atoms in total. The zero-order valence-electron chi connectivity index (χ0n) is 14.0. The smallest absolute Gasteiger partial charge is 0.244 e. The third-order valence-corrected chi connectivity index (χ3v) is 3.79. The van der Waals surface area contributed by atoms with Crippen molar-refractivity contribution in [3.63, 3.8) is 0 Å². The van der Waals surface area contributed by atoms with Crippen LogP contribution in [0, 0.1) is 12.7 Å². The molecule has 3 rings (SSSR count). The van der Waals surface area contributed by atoms with Crippen LogP contribution in [0.1, 0.15) is 16.7 Å². The number of aromatic nitrogens is 3. The number of rotatable bonds is 7. The predicted molar refractivity (Wildman–Crippen MR) is 96.9 cm³/mol. The zero-order chi connectivity index (χ0) is 17.5. The fourth-order valence-corrected chi connectivity index (χ4v) is 2.37. The molecular formula is C19H20FN5. The second-order valence-electron chi connectivity index (χ2n) is 5.77. The fraction of sp³-hybridized carbons (Fsp3) is 0.211. The second-order valence-corrected chi connectivity index (χ2v) is 5.77. The monoisotopic (exact) mass is 337 g/mol. The Morgan fingerprint density at radius 2 is 1.80 bits per heavy atom. The Morgan fingerprint density at radius 1 is 1.00 bits per heavy atom. The van der Waals surface area contributed by atoms with Gasteiger partial charge in [0.25, 0.3) is 0 Å². The molecule has 0 bridgehead atoms. The number of halogens is 1. The summed E-state index contributed by atoms with van der Waals surface area (Å²) in [6.07, 6.45) is 2.13. The molecule has 0 saturated heterocycles. The van der Waals surface area contributed by atoms with Crippen LogP contribution in [0.4, 0.5) is 16.2 Å². The van der Waals surface area contributed by atoms with Gasteiger partial charge in [0.2, 0.25) is 5.95 Å². The van der Waals surface area contributed by atoms with Gasteiger partial charge >= 0.3 is 0 Å². The van der Waals surface area contributed by atoms with Gasteiger partial charge in [-0.25, -0.2) is 4.39 Å². The minimum absolute atomic E-state index is 0.197. The topological polar surface area (TPSA) is 62.7 Å². The molecule has 128 valence electrons. The average Bonchev–Trinajstić information content (AvgIpc) is 2.63. The molecule has 2 aromatic carbocycles. The molecule has 2 N–H and O–H groups in total. The third-order valence-electron chi connectivity index (χ3n) is 3.79. The molecule has 3 aromatic rings. The largest absolute Gasteiger partial charge is 0.365 e. The highest BCUT2D eigenvalue weighted by Crippen LogP contribution is 2.10. The van der Waals surface area contributed by atoms with Gasteiger partial charge in [0.15, 0.2) is 5.82 Å². The number of aryl methyl sites for hydroxylation is 1. The molecule has 0 saturated carbocycles. The molecule has 0 fully saturated rings. The minimum Gasteiger partial charge on any atom is -0.365 e. The van der Waals surface area contributed by atoms with E-state index in [-0.39, 0.29) is 5.82 Å². The molecule has 0 atom stereocenters. The maximum absolute atomic E-state index is 13.6. The first kappa shape index (κ1) is 16.8. The van der Waals surface area contributed by atoms with Gasteiger partial charge in [0, 0.05) is 13.1 Å². The number of anilines is 2. The summed E-state index contributed by atoms with van der Waals surface area (Å²) in [7, 11) is 0. The molecule has 1 aromatic heterocycles. The Bertz CT molecular complexity index is 820. The summed E-state index contributed by atoms with van der Waals surface area (Å²) in [5.41, 5.74) is 3.06. The van der Waals surface area contributed by atoms with Crippen LogP contribution in [0.15, 0.2) is 54.7 Å². The molecular weight excluding hydrogens is 317 g/mol. The van der Waals surface area contributed by atoms with E-state index in [1.165, 1.54) is 17.2 Å². The maximum atomic E-state index is 13.6. The van der Waals surface area contributed by atoms with E-state index in [1.807, 2.05) is 6.07 Å². The lowest BCUT2D eigenvalue weighted by atomic mass is 10.1. The lowest BCUT2D eigenvalue weighted by Crippen LogP contribution is -2.11. The van der Waals surface area contributed by atoms with Gasteiger partial charge < -0.3 is 10.6 Å². The first-order valence-electron chi connectivity index (χ1n) is 8.17. The maximum Gasteiger partial charge on any atom is 0.244 e. The van der Waals surface area contributed by atoms with Crippen LogP contribution in [0.3, 0.4) is 0 Å². The summed E-state index contributed by atoms with van der Waals surface area (Å²) < 4.78 is 13.6. The van der Waals surface area contributed by atoms with Gasteiger partial charge in [-0.2, -0.15) is 10.1 Å². The Labute approximate surface area is 146 Å². The quantitative estimate of drug-likeness (QED) is 0.690. The van der Waals surface area contributed by atoms with Crippen molar-refractivity contribution in [1.29, 1.82) is 0 Å². The summed E-state index contributed by atoms with van der Waals surface area (Å²) in [6.45, 7) is 3.25. The van der Waals surface area contributed by atoms with Crippen LogP contribution in [-0.4, -0.2) is 21.7 Å². The van der Waals surface area contributed by atoms with E-state index in [4.69, 9.17) is 0 Å². The average molecular weight is 337 g/mol. The zero-order valence-corrected chi connectivity index (χ0v) is 14.0. The summed E-state index contributed by atoms with van der Waals surface area (Å²) in [5, 5.41) is 14.2. The summed E-state index contributed by atoms with van der Waals surface area (Å²) in [4.78, 5) is 4.37. The highest BCUT2D eigenvalue weighted by molar-refractivity contribution is 5.38. The molecule has 0 aliphatic heterocycles. The van der Waals surface area contributed by atoms with E-state index >= 15 is 0 Å². The number of benzene rings is 2. The van der Waals surface area contributed by atoms with Crippen LogP contribution in [-0.2, 0) is 13.0 Å². The lowest BCUT2D eigenvalue weighted by molar-refractivity contribution is 0.610. The highest BCUT2D eigenvalue weighted by Gasteiger charge is 2.03. The SMILES string of the molecule is Cc1ccc(CNc2cnnc(NCCc3ccccc3F)n2)cc1. The van der Waals surface area contributed by atoms with Crippen LogP contribution < -0.4 is 10.6 Å². The Balaban J connectivity index is 1.52. The third kappa shape index (κ3) is 4.97. The van der Waals surface area contributed by atoms with E-state index in [0.717, 1.165) is 0 Å². The van der Waals surface area contributed by atoms with Crippen molar-refractivity contribution in [3.05, 3.63) is 77.2 Å². The molecule has 0 radical (unpaired) electrons. The van der Waals surface area contributed by atoms with E-state index in [0.29, 0.717) is 36.8 Å². The van der Waals surface area contributed by atoms with Crippen molar-refractivity contribution in [2.45, 2.75) is 19.9 Å². The van der Waals surface area contributed by atoms with E-state index in [1.54, 1.807) is 18.3 Å². The van der Waals surface area contributed by atoms with Crippen molar-refractivity contribution in [2.75, 3.05) is 17.2 Å². The van der Waals surface area contributed by atoms with E-state index in [2.05, 4.69) is 57.0 Å². The first-order chi connectivity index (χ1) is 12.2. The summed E-state index contributed by atoms with van der Waals surface area (Å²) in [6, 6.07) is 15.0. The molecule has 0 amide bonds. The standard InChI is InChI=1S/C19H20FN5/c1-14-6-8-15(9-7-14)12-22-18-13-23-25-19(24-18)21-11-10-16-4-2-3-5-17(16)20/h2-9,13H,10-12H2,1H3,(H2,21,22,24,25). The van der Waals surface area contributed by atoms with Gasteiger partial charge in [-0.1, -0.05) is 48.0 Å². The molecule has 6 heteroatoms. The molecule has 1 heterocycles. The van der Waals surface area contributed by atoms with Crippen molar-refractivity contribution in [1.82, 2.24) is 15.2 Å². The lowest BCUT2D eigenvalue weighted by Gasteiger charge is -2.08. The van der Waals surface area contributed by atoms with Crippen LogP contribution in [0.5, 0.6) is 0 Å². The van der Waals surface area contributed by atoms with Crippen molar-refractivity contribution in [2.24, 2.45) is 0 Å². The fourth-order valence-electron chi connectivity index (χ4n) is 2.37.